The van der Waals surface area contributed by atoms with Gasteiger partial charge in [0, 0.05) is 18.5 Å². The number of phenols is 1. The van der Waals surface area contributed by atoms with Crippen molar-refractivity contribution >= 4 is 5.91 Å². The van der Waals surface area contributed by atoms with Crippen molar-refractivity contribution in [2.24, 2.45) is 5.92 Å². The molecule has 2 N–H and O–H groups in total. The minimum atomic E-state index is -0.843. The molecule has 0 fully saturated rings. The molecule has 0 aromatic heterocycles. The van der Waals surface area contributed by atoms with E-state index in [2.05, 4.69) is 19.2 Å². The van der Waals surface area contributed by atoms with Gasteiger partial charge in [0.1, 0.15) is 11.5 Å². The third-order valence-electron chi connectivity index (χ3n) is 5.01. The fraction of sp³-hybridized carbons (Fsp3) is 0.632. The maximum atomic E-state index is 12.6. The van der Waals surface area contributed by atoms with Gasteiger partial charge in [-0.2, -0.15) is 0 Å². The van der Waals surface area contributed by atoms with Crippen molar-refractivity contribution < 1.29 is 14.6 Å². The highest BCUT2D eigenvalue weighted by molar-refractivity contribution is 5.85. The van der Waals surface area contributed by atoms with E-state index in [1.807, 2.05) is 27.7 Å². The van der Waals surface area contributed by atoms with Crippen LogP contribution in [0.4, 0.5) is 0 Å². The molecule has 0 aliphatic carbocycles. The lowest BCUT2D eigenvalue weighted by molar-refractivity contribution is -0.136. The SMILES string of the molecule is Cc1c(C)c2c(c(C)c1O)CCC(C)(C(=O)NCCC(C)C)O2. The van der Waals surface area contributed by atoms with Gasteiger partial charge in [-0.25, -0.2) is 0 Å². The number of aromatic hydroxyl groups is 1. The second-order valence-corrected chi connectivity index (χ2v) is 7.30. The van der Waals surface area contributed by atoms with Crippen LogP contribution in [0, 0.1) is 26.7 Å². The van der Waals surface area contributed by atoms with Crippen LogP contribution >= 0.6 is 0 Å². The average molecular weight is 319 g/mol. The molecule has 23 heavy (non-hydrogen) atoms. The smallest absolute Gasteiger partial charge is 0.263 e. The summed E-state index contributed by atoms with van der Waals surface area (Å²) in [6.07, 6.45) is 2.32. The Hall–Kier alpha value is -1.71. The molecule has 0 saturated heterocycles. The molecule has 1 aromatic rings. The molecule has 1 atom stereocenters. The van der Waals surface area contributed by atoms with Crippen molar-refractivity contribution in [3.63, 3.8) is 0 Å². The fourth-order valence-corrected chi connectivity index (χ4v) is 3.07. The summed E-state index contributed by atoms with van der Waals surface area (Å²) in [4.78, 5) is 12.6. The molecular weight excluding hydrogens is 290 g/mol. The zero-order valence-corrected chi connectivity index (χ0v) is 15.2. The van der Waals surface area contributed by atoms with E-state index in [1.165, 1.54) is 0 Å². The summed E-state index contributed by atoms with van der Waals surface area (Å²) in [5, 5.41) is 13.2. The van der Waals surface area contributed by atoms with E-state index in [0.29, 0.717) is 24.6 Å². The normalized spacial score (nSPS) is 20.1. The second kappa shape index (κ2) is 6.42. The summed E-state index contributed by atoms with van der Waals surface area (Å²) >= 11 is 0. The maximum Gasteiger partial charge on any atom is 0.263 e. The summed E-state index contributed by atoms with van der Waals surface area (Å²) in [5.74, 6) is 1.62. The number of amides is 1. The van der Waals surface area contributed by atoms with Crippen LogP contribution in [-0.4, -0.2) is 23.2 Å². The molecule has 1 aromatic carbocycles. The van der Waals surface area contributed by atoms with E-state index >= 15 is 0 Å². The van der Waals surface area contributed by atoms with Gasteiger partial charge in [0.05, 0.1) is 0 Å². The van der Waals surface area contributed by atoms with Gasteiger partial charge in [0.25, 0.3) is 5.91 Å². The molecule has 4 heteroatoms. The summed E-state index contributed by atoms with van der Waals surface area (Å²) in [7, 11) is 0. The zero-order valence-electron chi connectivity index (χ0n) is 15.2. The molecule has 128 valence electrons. The van der Waals surface area contributed by atoms with Crippen LogP contribution in [0.3, 0.4) is 0 Å². The lowest BCUT2D eigenvalue weighted by atomic mass is 9.86. The first-order valence-electron chi connectivity index (χ1n) is 8.46. The van der Waals surface area contributed by atoms with Gasteiger partial charge in [0.2, 0.25) is 0 Å². The Morgan fingerprint density at radius 2 is 1.91 bits per heavy atom. The molecule has 0 spiro atoms. The van der Waals surface area contributed by atoms with Crippen LogP contribution in [0.25, 0.3) is 0 Å². The molecule has 1 aliphatic heterocycles. The number of phenolic OH excluding ortho intramolecular Hbond substituents is 1. The summed E-state index contributed by atoms with van der Waals surface area (Å²) in [6.45, 7) is 12.6. The van der Waals surface area contributed by atoms with E-state index in [9.17, 15) is 9.90 Å². The molecular formula is C19H29NO3. The maximum absolute atomic E-state index is 12.6. The van der Waals surface area contributed by atoms with Gasteiger partial charge in [0.15, 0.2) is 5.60 Å². The molecule has 0 saturated carbocycles. The van der Waals surface area contributed by atoms with Gasteiger partial charge in [-0.1, -0.05) is 13.8 Å². The minimum absolute atomic E-state index is 0.0495. The summed E-state index contributed by atoms with van der Waals surface area (Å²) in [5.41, 5.74) is 2.79. The van der Waals surface area contributed by atoms with E-state index in [0.717, 1.165) is 40.8 Å². The molecule has 1 unspecified atom stereocenters. The first-order valence-corrected chi connectivity index (χ1v) is 8.46. The Bertz CT molecular complexity index is 622. The highest BCUT2D eigenvalue weighted by Gasteiger charge is 2.40. The van der Waals surface area contributed by atoms with Crippen LogP contribution in [0.2, 0.25) is 0 Å². The quantitative estimate of drug-likeness (QED) is 0.892. The van der Waals surface area contributed by atoms with Crippen molar-refractivity contribution in [1.82, 2.24) is 5.32 Å². The van der Waals surface area contributed by atoms with E-state index in [4.69, 9.17) is 4.74 Å². The minimum Gasteiger partial charge on any atom is -0.507 e. The van der Waals surface area contributed by atoms with Crippen molar-refractivity contribution in [3.8, 4) is 11.5 Å². The number of benzene rings is 1. The Morgan fingerprint density at radius 3 is 2.52 bits per heavy atom. The monoisotopic (exact) mass is 319 g/mol. The average Bonchev–Trinajstić information content (AvgIpc) is 2.50. The number of ether oxygens (including phenoxy) is 1. The van der Waals surface area contributed by atoms with Crippen LogP contribution in [0.5, 0.6) is 11.5 Å². The number of fused-ring (bicyclic) bond motifs is 1. The molecule has 1 aliphatic rings. The van der Waals surface area contributed by atoms with E-state index in [-0.39, 0.29) is 5.91 Å². The lowest BCUT2D eigenvalue weighted by Gasteiger charge is -2.36. The number of hydrogen-bond donors (Lipinski definition) is 2. The molecule has 1 heterocycles. The zero-order chi connectivity index (χ0) is 17.4. The van der Waals surface area contributed by atoms with Gasteiger partial charge in [-0.05, 0) is 63.1 Å². The van der Waals surface area contributed by atoms with Crippen LogP contribution in [0.15, 0.2) is 0 Å². The number of hydrogen-bond acceptors (Lipinski definition) is 3. The Kier molecular flexibility index (Phi) is 4.92. The fourth-order valence-electron chi connectivity index (χ4n) is 3.07. The van der Waals surface area contributed by atoms with E-state index < -0.39 is 5.60 Å². The van der Waals surface area contributed by atoms with Gasteiger partial charge in [-0.3, -0.25) is 4.79 Å². The number of carbonyl (C=O) groups is 1. The standard InChI is InChI=1S/C19H29NO3/c1-11(2)8-10-20-18(22)19(6)9-7-15-14(5)16(21)12(3)13(4)17(15)23-19/h11,21H,7-10H2,1-6H3,(H,20,22). The third kappa shape index (κ3) is 3.31. The first-order chi connectivity index (χ1) is 10.7. The highest BCUT2D eigenvalue weighted by atomic mass is 16.5. The third-order valence-corrected chi connectivity index (χ3v) is 5.01. The van der Waals surface area contributed by atoms with Gasteiger partial charge >= 0.3 is 0 Å². The Labute approximate surface area is 139 Å². The first kappa shape index (κ1) is 17.6. The number of nitrogens with one attached hydrogen (secondary N) is 1. The number of carbonyl (C=O) groups excluding carboxylic acids is 1. The predicted octanol–water partition coefficient (Wildman–Crippen LogP) is 3.56. The van der Waals surface area contributed by atoms with Crippen molar-refractivity contribution in [2.75, 3.05) is 6.54 Å². The van der Waals surface area contributed by atoms with Crippen LogP contribution in [-0.2, 0) is 11.2 Å². The predicted molar refractivity (Wildman–Crippen MR) is 92.1 cm³/mol. The van der Waals surface area contributed by atoms with Gasteiger partial charge in [-0.15, -0.1) is 0 Å². The highest BCUT2D eigenvalue weighted by Crippen LogP contribution is 2.43. The summed E-state index contributed by atoms with van der Waals surface area (Å²) < 4.78 is 6.16. The molecule has 2 rings (SSSR count). The van der Waals surface area contributed by atoms with E-state index in [1.54, 1.807) is 0 Å². The molecule has 1 amide bonds. The van der Waals surface area contributed by atoms with Crippen molar-refractivity contribution in [2.45, 2.75) is 66.4 Å². The van der Waals surface area contributed by atoms with Crippen molar-refractivity contribution in [3.05, 3.63) is 22.3 Å². The largest absolute Gasteiger partial charge is 0.507 e. The summed E-state index contributed by atoms with van der Waals surface area (Å²) in [6, 6.07) is 0. The van der Waals surface area contributed by atoms with Crippen LogP contribution in [0.1, 0.15) is 55.9 Å². The van der Waals surface area contributed by atoms with Crippen molar-refractivity contribution in [1.29, 1.82) is 0 Å². The van der Waals surface area contributed by atoms with Crippen LogP contribution < -0.4 is 10.1 Å². The Morgan fingerprint density at radius 1 is 1.26 bits per heavy atom. The second-order valence-electron chi connectivity index (χ2n) is 7.30. The molecule has 4 nitrogen and oxygen atoms in total. The van der Waals surface area contributed by atoms with Gasteiger partial charge < -0.3 is 15.2 Å². The Balaban J connectivity index is 2.23. The topological polar surface area (TPSA) is 58.6 Å². The lowest BCUT2D eigenvalue weighted by Crippen LogP contribution is -2.51. The molecule has 0 radical (unpaired) electrons. The molecule has 0 bridgehead atoms. The number of rotatable bonds is 4.